The zero-order valence-electron chi connectivity index (χ0n) is 11.4. The summed E-state index contributed by atoms with van der Waals surface area (Å²) in [5.41, 5.74) is 3.36. The molecule has 1 aromatic carbocycles. The molecule has 20 heavy (non-hydrogen) atoms. The van der Waals surface area contributed by atoms with Gasteiger partial charge in [0.2, 0.25) is 5.91 Å². The number of aromatic amines is 1. The van der Waals surface area contributed by atoms with Crippen LogP contribution in [0.1, 0.15) is 18.9 Å². The van der Waals surface area contributed by atoms with Gasteiger partial charge in [0.15, 0.2) is 0 Å². The Morgan fingerprint density at radius 3 is 3.00 bits per heavy atom. The van der Waals surface area contributed by atoms with E-state index in [1.54, 1.807) is 6.20 Å². The molecule has 0 unspecified atom stereocenters. The molecule has 3 rings (SSSR count). The molecular formula is C16H17N3O. The van der Waals surface area contributed by atoms with Crippen LogP contribution in [0.3, 0.4) is 0 Å². The van der Waals surface area contributed by atoms with E-state index in [-0.39, 0.29) is 5.91 Å². The van der Waals surface area contributed by atoms with Crippen LogP contribution < -0.4 is 5.32 Å². The molecule has 2 aromatic heterocycles. The van der Waals surface area contributed by atoms with Crippen LogP contribution in [0.4, 0.5) is 0 Å². The molecule has 3 aromatic rings. The molecule has 0 bridgehead atoms. The largest absolute Gasteiger partial charge is 0.356 e. The number of pyridine rings is 1. The van der Waals surface area contributed by atoms with Crippen molar-refractivity contribution in [2.45, 2.75) is 19.8 Å². The molecule has 0 saturated carbocycles. The lowest BCUT2D eigenvalue weighted by Gasteiger charge is -2.03. The highest BCUT2D eigenvalue weighted by Gasteiger charge is 2.06. The first kappa shape index (κ1) is 12.7. The summed E-state index contributed by atoms with van der Waals surface area (Å²) in [6.45, 7) is 2.62. The number of nitrogens with one attached hydrogen (secondary N) is 2. The lowest BCUT2D eigenvalue weighted by Crippen LogP contribution is -2.22. The Morgan fingerprint density at radius 1 is 1.25 bits per heavy atom. The number of carbonyl (C=O) groups is 1. The Labute approximate surface area is 117 Å². The van der Waals surface area contributed by atoms with Crippen molar-refractivity contribution in [1.82, 2.24) is 15.3 Å². The van der Waals surface area contributed by atoms with Crippen LogP contribution in [0.25, 0.3) is 21.8 Å². The van der Waals surface area contributed by atoms with Crippen LogP contribution in [0.15, 0.2) is 36.7 Å². The van der Waals surface area contributed by atoms with Crippen LogP contribution in [0.2, 0.25) is 0 Å². The Morgan fingerprint density at radius 2 is 2.15 bits per heavy atom. The summed E-state index contributed by atoms with van der Waals surface area (Å²) in [6.07, 6.45) is 4.95. The predicted octanol–water partition coefficient (Wildman–Crippen LogP) is 2.78. The Bertz CT molecular complexity index is 761. The zero-order chi connectivity index (χ0) is 13.9. The number of benzene rings is 1. The molecule has 0 aliphatic rings. The van der Waals surface area contributed by atoms with E-state index < -0.39 is 0 Å². The number of nitrogens with zero attached hydrogens (tertiary/aromatic N) is 1. The van der Waals surface area contributed by atoms with Crippen molar-refractivity contribution in [1.29, 1.82) is 0 Å². The predicted molar refractivity (Wildman–Crippen MR) is 80.6 cm³/mol. The third kappa shape index (κ3) is 2.37. The van der Waals surface area contributed by atoms with Gasteiger partial charge in [-0.05, 0) is 31.0 Å². The zero-order valence-corrected chi connectivity index (χ0v) is 11.4. The topological polar surface area (TPSA) is 57.8 Å². The van der Waals surface area contributed by atoms with E-state index in [2.05, 4.69) is 33.5 Å². The SMILES string of the molecule is CCNC(=O)CCc1ccc2c(c1)[nH]c1ccncc12. The van der Waals surface area contributed by atoms with Crippen LogP contribution >= 0.6 is 0 Å². The molecule has 0 spiro atoms. The standard InChI is InChI=1S/C16H17N3O/c1-2-18-16(20)6-4-11-3-5-12-13-10-17-8-7-14(13)19-15(12)9-11/h3,5,7-10,19H,2,4,6H2,1H3,(H,18,20). The van der Waals surface area contributed by atoms with E-state index in [1.807, 2.05) is 19.2 Å². The number of rotatable bonds is 4. The second-order valence-electron chi connectivity index (χ2n) is 4.88. The quantitative estimate of drug-likeness (QED) is 0.763. The highest BCUT2D eigenvalue weighted by molar-refractivity contribution is 6.06. The van der Waals surface area contributed by atoms with E-state index in [9.17, 15) is 4.79 Å². The van der Waals surface area contributed by atoms with E-state index >= 15 is 0 Å². The van der Waals surface area contributed by atoms with Crippen molar-refractivity contribution in [3.8, 4) is 0 Å². The maximum absolute atomic E-state index is 11.5. The highest BCUT2D eigenvalue weighted by atomic mass is 16.1. The molecule has 0 atom stereocenters. The monoisotopic (exact) mass is 267 g/mol. The number of amides is 1. The number of aryl methyl sites for hydroxylation is 1. The molecule has 4 nitrogen and oxygen atoms in total. The van der Waals surface area contributed by atoms with Crippen LogP contribution in [0, 0.1) is 0 Å². The van der Waals surface area contributed by atoms with Gasteiger partial charge in [-0.2, -0.15) is 0 Å². The first-order chi connectivity index (χ1) is 9.78. The Hall–Kier alpha value is -2.36. The average molecular weight is 267 g/mol. The molecule has 2 N–H and O–H groups in total. The summed E-state index contributed by atoms with van der Waals surface area (Å²) in [4.78, 5) is 19.0. The Kier molecular flexibility index (Phi) is 3.37. The molecule has 0 fully saturated rings. The number of aromatic nitrogens is 2. The second-order valence-corrected chi connectivity index (χ2v) is 4.88. The van der Waals surface area contributed by atoms with Gasteiger partial charge in [0.1, 0.15) is 0 Å². The lowest BCUT2D eigenvalue weighted by atomic mass is 10.1. The Balaban J connectivity index is 1.87. The van der Waals surface area contributed by atoms with Crippen molar-refractivity contribution in [3.63, 3.8) is 0 Å². The molecular weight excluding hydrogens is 250 g/mol. The maximum atomic E-state index is 11.5. The minimum absolute atomic E-state index is 0.105. The van der Waals surface area contributed by atoms with E-state index in [0.29, 0.717) is 13.0 Å². The third-order valence-electron chi connectivity index (χ3n) is 3.48. The number of hydrogen-bond acceptors (Lipinski definition) is 2. The summed E-state index contributed by atoms with van der Waals surface area (Å²) >= 11 is 0. The van der Waals surface area contributed by atoms with E-state index in [4.69, 9.17) is 0 Å². The van der Waals surface area contributed by atoms with Crippen molar-refractivity contribution >= 4 is 27.7 Å². The van der Waals surface area contributed by atoms with Gasteiger partial charge >= 0.3 is 0 Å². The molecule has 102 valence electrons. The fraction of sp³-hybridized carbons (Fsp3) is 0.250. The number of fused-ring (bicyclic) bond motifs is 3. The number of H-pyrrole nitrogens is 1. The first-order valence-electron chi connectivity index (χ1n) is 6.89. The summed E-state index contributed by atoms with van der Waals surface area (Å²) < 4.78 is 0. The van der Waals surface area contributed by atoms with Crippen molar-refractivity contribution in [2.75, 3.05) is 6.54 Å². The van der Waals surface area contributed by atoms with Crippen molar-refractivity contribution < 1.29 is 4.79 Å². The molecule has 0 aliphatic carbocycles. The fourth-order valence-electron chi connectivity index (χ4n) is 2.49. The number of hydrogen-bond donors (Lipinski definition) is 2. The van der Waals surface area contributed by atoms with Gasteiger partial charge in [-0.3, -0.25) is 9.78 Å². The van der Waals surface area contributed by atoms with Gasteiger partial charge in [-0.15, -0.1) is 0 Å². The first-order valence-corrected chi connectivity index (χ1v) is 6.89. The fourth-order valence-corrected chi connectivity index (χ4v) is 2.49. The second kappa shape index (κ2) is 5.33. The van der Waals surface area contributed by atoms with Gasteiger partial charge in [0.25, 0.3) is 0 Å². The van der Waals surface area contributed by atoms with Crippen LogP contribution in [-0.4, -0.2) is 22.4 Å². The average Bonchev–Trinajstić information content (AvgIpc) is 2.83. The maximum Gasteiger partial charge on any atom is 0.220 e. The molecule has 4 heteroatoms. The van der Waals surface area contributed by atoms with E-state index in [1.165, 1.54) is 10.9 Å². The van der Waals surface area contributed by atoms with Gasteiger partial charge in [-0.25, -0.2) is 0 Å². The summed E-state index contributed by atoms with van der Waals surface area (Å²) in [5, 5.41) is 5.13. The minimum Gasteiger partial charge on any atom is -0.356 e. The number of carbonyl (C=O) groups excluding carboxylic acids is 1. The van der Waals surface area contributed by atoms with Gasteiger partial charge in [0.05, 0.1) is 0 Å². The van der Waals surface area contributed by atoms with Gasteiger partial charge in [0, 0.05) is 47.2 Å². The van der Waals surface area contributed by atoms with Crippen molar-refractivity contribution in [3.05, 3.63) is 42.2 Å². The smallest absolute Gasteiger partial charge is 0.220 e. The molecule has 2 heterocycles. The van der Waals surface area contributed by atoms with Crippen LogP contribution in [0.5, 0.6) is 0 Å². The van der Waals surface area contributed by atoms with Crippen LogP contribution in [-0.2, 0) is 11.2 Å². The molecule has 0 aliphatic heterocycles. The summed E-state index contributed by atoms with van der Waals surface area (Å²) in [5.74, 6) is 0.105. The molecule has 0 radical (unpaired) electrons. The normalized spacial score (nSPS) is 11.1. The summed E-state index contributed by atoms with van der Waals surface area (Å²) in [7, 11) is 0. The molecule has 0 saturated heterocycles. The van der Waals surface area contributed by atoms with Gasteiger partial charge < -0.3 is 10.3 Å². The van der Waals surface area contributed by atoms with Crippen molar-refractivity contribution in [2.24, 2.45) is 0 Å². The minimum atomic E-state index is 0.105. The molecule has 1 amide bonds. The highest BCUT2D eigenvalue weighted by Crippen LogP contribution is 2.25. The van der Waals surface area contributed by atoms with Gasteiger partial charge in [-0.1, -0.05) is 12.1 Å². The summed E-state index contributed by atoms with van der Waals surface area (Å²) in [6, 6.07) is 8.28. The lowest BCUT2D eigenvalue weighted by molar-refractivity contribution is -0.120. The van der Waals surface area contributed by atoms with E-state index in [0.717, 1.165) is 22.8 Å². The third-order valence-corrected chi connectivity index (χ3v) is 3.48.